The van der Waals surface area contributed by atoms with Gasteiger partial charge in [0.1, 0.15) is 5.82 Å². The van der Waals surface area contributed by atoms with Crippen molar-refractivity contribution >= 4 is 22.5 Å². The zero-order chi connectivity index (χ0) is 14.8. The zero-order valence-electron chi connectivity index (χ0n) is 11.3. The fourth-order valence-electron chi connectivity index (χ4n) is 2.47. The minimum atomic E-state index is -0.308. The summed E-state index contributed by atoms with van der Waals surface area (Å²) in [5, 5.41) is 1.57. The summed E-state index contributed by atoms with van der Waals surface area (Å²) in [6.45, 7) is 0. The molecule has 1 unspecified atom stereocenters. The summed E-state index contributed by atoms with van der Waals surface area (Å²) in [6.07, 6.45) is 2.21. The number of nitrogens with two attached hydrogens (primary N) is 1. The molecule has 0 bridgehead atoms. The van der Waals surface area contributed by atoms with E-state index in [4.69, 9.17) is 17.3 Å². The third kappa shape index (κ3) is 2.89. The van der Waals surface area contributed by atoms with Crippen LogP contribution in [0.15, 0.2) is 54.7 Å². The van der Waals surface area contributed by atoms with E-state index in [1.807, 2.05) is 30.3 Å². The van der Waals surface area contributed by atoms with Gasteiger partial charge in [0, 0.05) is 22.6 Å². The van der Waals surface area contributed by atoms with Gasteiger partial charge < -0.3 is 5.73 Å². The lowest BCUT2D eigenvalue weighted by atomic mass is 9.97. The molecule has 0 radical (unpaired) electrons. The highest BCUT2D eigenvalue weighted by Gasteiger charge is 2.13. The van der Waals surface area contributed by atoms with Crippen molar-refractivity contribution in [1.82, 2.24) is 4.98 Å². The van der Waals surface area contributed by atoms with Crippen LogP contribution in [0.4, 0.5) is 4.39 Å². The van der Waals surface area contributed by atoms with Crippen molar-refractivity contribution in [3.8, 4) is 0 Å². The van der Waals surface area contributed by atoms with Crippen LogP contribution >= 0.6 is 11.6 Å². The standard InChI is InChI=1S/C17H14ClFN2/c18-15-7-6-13(19)9-12(15)10-16(20)14-5-1-3-11-4-2-8-21-17(11)14/h1-9,16H,10,20H2. The highest BCUT2D eigenvalue weighted by atomic mass is 35.5. The van der Waals surface area contributed by atoms with E-state index in [1.165, 1.54) is 12.1 Å². The minimum absolute atomic E-state index is 0.289. The molecule has 1 atom stereocenters. The lowest BCUT2D eigenvalue weighted by molar-refractivity contribution is 0.622. The van der Waals surface area contributed by atoms with E-state index >= 15 is 0 Å². The Kier molecular flexibility index (Phi) is 3.86. The van der Waals surface area contributed by atoms with Crippen LogP contribution in [-0.4, -0.2) is 4.98 Å². The number of pyridine rings is 1. The highest BCUT2D eigenvalue weighted by Crippen LogP contribution is 2.26. The summed E-state index contributed by atoms with van der Waals surface area (Å²) in [4.78, 5) is 4.40. The molecule has 0 saturated carbocycles. The molecule has 106 valence electrons. The molecule has 0 fully saturated rings. The van der Waals surface area contributed by atoms with Gasteiger partial charge in [-0.1, -0.05) is 35.9 Å². The minimum Gasteiger partial charge on any atom is -0.324 e. The summed E-state index contributed by atoms with van der Waals surface area (Å²) in [5.74, 6) is -0.308. The van der Waals surface area contributed by atoms with Crippen LogP contribution in [0.2, 0.25) is 5.02 Å². The molecule has 0 aliphatic carbocycles. The third-order valence-corrected chi connectivity index (χ3v) is 3.88. The first-order valence-electron chi connectivity index (χ1n) is 6.68. The average Bonchev–Trinajstić information content (AvgIpc) is 2.50. The second-order valence-corrected chi connectivity index (χ2v) is 5.38. The molecule has 0 saturated heterocycles. The number of rotatable bonds is 3. The second-order valence-electron chi connectivity index (χ2n) is 4.97. The summed E-state index contributed by atoms with van der Waals surface area (Å²) in [5.41, 5.74) is 8.81. The van der Waals surface area contributed by atoms with E-state index in [2.05, 4.69) is 4.98 Å². The Morgan fingerprint density at radius 3 is 2.81 bits per heavy atom. The van der Waals surface area contributed by atoms with Gasteiger partial charge in [-0.05, 0) is 41.8 Å². The second kappa shape index (κ2) is 5.80. The SMILES string of the molecule is NC(Cc1cc(F)ccc1Cl)c1cccc2cccnc12. The number of aromatic nitrogens is 1. The smallest absolute Gasteiger partial charge is 0.123 e. The first-order chi connectivity index (χ1) is 10.1. The molecule has 1 heterocycles. The first-order valence-corrected chi connectivity index (χ1v) is 7.06. The number of para-hydroxylation sites is 1. The van der Waals surface area contributed by atoms with Gasteiger partial charge in [0.15, 0.2) is 0 Å². The van der Waals surface area contributed by atoms with Crippen molar-refractivity contribution < 1.29 is 4.39 Å². The zero-order valence-corrected chi connectivity index (χ0v) is 12.0. The molecule has 21 heavy (non-hydrogen) atoms. The molecule has 2 N–H and O–H groups in total. The lowest BCUT2D eigenvalue weighted by Gasteiger charge is -2.15. The van der Waals surface area contributed by atoms with Crippen LogP contribution in [0.3, 0.4) is 0 Å². The Morgan fingerprint density at radius 2 is 1.95 bits per heavy atom. The normalized spacial score (nSPS) is 12.5. The molecular weight excluding hydrogens is 287 g/mol. The molecule has 4 heteroatoms. The fraction of sp³-hybridized carbons (Fsp3) is 0.118. The monoisotopic (exact) mass is 300 g/mol. The van der Waals surface area contributed by atoms with Crippen LogP contribution in [0.25, 0.3) is 10.9 Å². The van der Waals surface area contributed by atoms with Crippen LogP contribution in [0.1, 0.15) is 17.2 Å². The number of hydrogen-bond acceptors (Lipinski definition) is 2. The Morgan fingerprint density at radius 1 is 1.14 bits per heavy atom. The lowest BCUT2D eigenvalue weighted by Crippen LogP contribution is -2.14. The third-order valence-electron chi connectivity index (χ3n) is 3.51. The van der Waals surface area contributed by atoms with E-state index in [0.717, 1.165) is 16.5 Å². The van der Waals surface area contributed by atoms with Crippen molar-refractivity contribution in [3.05, 3.63) is 76.7 Å². The van der Waals surface area contributed by atoms with Gasteiger partial charge in [-0.15, -0.1) is 0 Å². The van der Waals surface area contributed by atoms with E-state index in [0.29, 0.717) is 17.0 Å². The number of benzene rings is 2. The van der Waals surface area contributed by atoms with Crippen LogP contribution in [-0.2, 0) is 6.42 Å². The fourth-order valence-corrected chi connectivity index (χ4v) is 2.67. The van der Waals surface area contributed by atoms with E-state index in [-0.39, 0.29) is 11.9 Å². The van der Waals surface area contributed by atoms with Gasteiger partial charge in [-0.3, -0.25) is 4.98 Å². The van der Waals surface area contributed by atoms with E-state index in [1.54, 1.807) is 12.3 Å². The predicted octanol–water partition coefficient (Wildman–Crippen LogP) is 4.27. The largest absolute Gasteiger partial charge is 0.324 e. The van der Waals surface area contributed by atoms with Gasteiger partial charge in [0.2, 0.25) is 0 Å². The molecule has 3 rings (SSSR count). The highest BCUT2D eigenvalue weighted by molar-refractivity contribution is 6.31. The van der Waals surface area contributed by atoms with Gasteiger partial charge in [0.05, 0.1) is 5.52 Å². The molecule has 0 aliphatic rings. The summed E-state index contributed by atoms with van der Waals surface area (Å²) in [7, 11) is 0. The number of halogens is 2. The van der Waals surface area contributed by atoms with Gasteiger partial charge in [-0.2, -0.15) is 0 Å². The van der Waals surface area contributed by atoms with Crippen molar-refractivity contribution in [1.29, 1.82) is 0 Å². The molecule has 0 aliphatic heterocycles. The summed E-state index contributed by atoms with van der Waals surface area (Å²) < 4.78 is 13.3. The molecule has 2 nitrogen and oxygen atoms in total. The Hall–Kier alpha value is -1.97. The van der Waals surface area contributed by atoms with E-state index < -0.39 is 0 Å². The van der Waals surface area contributed by atoms with Gasteiger partial charge in [-0.25, -0.2) is 4.39 Å². The van der Waals surface area contributed by atoms with Crippen molar-refractivity contribution in [2.45, 2.75) is 12.5 Å². The summed E-state index contributed by atoms with van der Waals surface area (Å²) in [6, 6.07) is 13.8. The molecule has 0 amide bonds. The Bertz CT molecular complexity index is 783. The number of hydrogen-bond donors (Lipinski definition) is 1. The first kappa shape index (κ1) is 14.0. The van der Waals surface area contributed by atoms with Gasteiger partial charge in [0.25, 0.3) is 0 Å². The van der Waals surface area contributed by atoms with E-state index in [9.17, 15) is 4.39 Å². The Labute approximate surface area is 127 Å². The molecule has 0 spiro atoms. The van der Waals surface area contributed by atoms with Gasteiger partial charge >= 0.3 is 0 Å². The molecular formula is C17H14ClFN2. The van der Waals surface area contributed by atoms with Crippen molar-refractivity contribution in [2.75, 3.05) is 0 Å². The Balaban J connectivity index is 1.97. The predicted molar refractivity (Wildman–Crippen MR) is 83.8 cm³/mol. The average molecular weight is 301 g/mol. The maximum Gasteiger partial charge on any atom is 0.123 e. The van der Waals surface area contributed by atoms with Crippen LogP contribution < -0.4 is 5.73 Å². The maximum atomic E-state index is 13.3. The maximum absolute atomic E-state index is 13.3. The number of fused-ring (bicyclic) bond motifs is 1. The molecule has 3 aromatic rings. The molecule has 2 aromatic carbocycles. The molecule has 1 aromatic heterocycles. The summed E-state index contributed by atoms with van der Waals surface area (Å²) >= 11 is 6.11. The topological polar surface area (TPSA) is 38.9 Å². The van der Waals surface area contributed by atoms with Crippen molar-refractivity contribution in [3.63, 3.8) is 0 Å². The number of nitrogens with zero attached hydrogens (tertiary/aromatic N) is 1. The quantitative estimate of drug-likeness (QED) is 0.784. The van der Waals surface area contributed by atoms with Crippen LogP contribution in [0, 0.1) is 5.82 Å². The van der Waals surface area contributed by atoms with Crippen LogP contribution in [0.5, 0.6) is 0 Å². The van der Waals surface area contributed by atoms with Crippen molar-refractivity contribution in [2.24, 2.45) is 5.73 Å².